The van der Waals surface area contributed by atoms with Crippen LogP contribution in [0.1, 0.15) is 42.0 Å². The molecule has 2 aromatic heterocycles. The number of aromatic nitrogens is 2. The highest BCUT2D eigenvalue weighted by atomic mass is 16.5. The van der Waals surface area contributed by atoms with Crippen LogP contribution in [0.15, 0.2) is 29.3 Å². The van der Waals surface area contributed by atoms with Crippen molar-refractivity contribution in [1.82, 2.24) is 19.6 Å². The number of ether oxygens (including phenoxy) is 1. The predicted molar refractivity (Wildman–Crippen MR) is 140 cm³/mol. The van der Waals surface area contributed by atoms with E-state index in [1.54, 1.807) is 10.9 Å². The van der Waals surface area contributed by atoms with Gasteiger partial charge in [-0.2, -0.15) is 5.10 Å². The Bertz CT molecular complexity index is 1090. The lowest BCUT2D eigenvalue weighted by Crippen LogP contribution is -2.42. The molecule has 0 bridgehead atoms. The molecule has 39 heavy (non-hydrogen) atoms. The smallest absolute Gasteiger partial charge is 0.336 e. The summed E-state index contributed by atoms with van der Waals surface area (Å²) in [6, 6.07) is 4.10. The molecule has 3 rings (SSSR count). The van der Waals surface area contributed by atoms with Crippen LogP contribution in [0.4, 0.5) is 0 Å². The fraction of sp³-hybridized carbons (Fsp3) is 0.538. The van der Waals surface area contributed by atoms with Crippen LogP contribution >= 0.6 is 0 Å². The maximum absolute atomic E-state index is 10.3. The highest BCUT2D eigenvalue weighted by molar-refractivity contribution is 5.88. The van der Waals surface area contributed by atoms with Gasteiger partial charge in [0.25, 0.3) is 0 Å². The minimum absolute atomic E-state index is 0.815. The molecule has 2 aromatic rings. The van der Waals surface area contributed by atoms with E-state index in [9.17, 15) is 14.4 Å². The van der Waals surface area contributed by atoms with Gasteiger partial charge in [-0.15, -0.1) is 0 Å². The highest BCUT2D eigenvalue weighted by Gasteiger charge is 2.40. The van der Waals surface area contributed by atoms with Crippen molar-refractivity contribution in [2.24, 2.45) is 0 Å². The summed E-state index contributed by atoms with van der Waals surface area (Å²) in [5.74, 6) is -3.04. The van der Waals surface area contributed by atoms with Crippen molar-refractivity contribution in [3.63, 3.8) is 0 Å². The number of aliphatic carboxylic acids is 3. The third-order valence-corrected chi connectivity index (χ3v) is 6.11. The van der Waals surface area contributed by atoms with Crippen molar-refractivity contribution < 1.29 is 44.0 Å². The number of rotatable bonds is 14. The van der Waals surface area contributed by atoms with E-state index in [0.29, 0.717) is 0 Å². The Morgan fingerprint density at radius 2 is 1.74 bits per heavy atom. The molecule has 1 aliphatic rings. The summed E-state index contributed by atoms with van der Waals surface area (Å²) in [6.07, 6.45) is 2.64. The first-order chi connectivity index (χ1) is 18.4. The van der Waals surface area contributed by atoms with Crippen LogP contribution in [-0.2, 0) is 32.2 Å². The molecule has 1 saturated heterocycles. The standard InChI is InChI=1S/C20H30N4O2.C6H8O7/c1-4-24-15-19(18(3)21-24)14-23(16-20-7-6-17(2)26-20)9-5-8-22-10-12-25-13-11-22;7-3(8)1-6(13,5(11)12)2-4(9)10/h4,6-7,15H,1,5,8-14,16H2,2-3H3;13H,1-2H2,(H,7,8)(H,9,10)(H,11,12). The number of morpholine rings is 1. The third kappa shape index (κ3) is 11.0. The van der Waals surface area contributed by atoms with Crippen molar-refractivity contribution in [3.05, 3.63) is 47.7 Å². The number of aryl methyl sites for hydroxylation is 2. The van der Waals surface area contributed by atoms with Crippen molar-refractivity contribution in [2.45, 2.75) is 51.8 Å². The van der Waals surface area contributed by atoms with E-state index in [4.69, 9.17) is 29.6 Å². The van der Waals surface area contributed by atoms with Gasteiger partial charge in [-0.1, -0.05) is 6.58 Å². The molecule has 0 amide bonds. The van der Waals surface area contributed by atoms with Crippen LogP contribution in [0.25, 0.3) is 6.20 Å². The van der Waals surface area contributed by atoms with Gasteiger partial charge in [-0.3, -0.25) is 19.4 Å². The average Bonchev–Trinajstić information content (AvgIpc) is 3.43. The van der Waals surface area contributed by atoms with Gasteiger partial charge in [0.1, 0.15) is 11.5 Å². The number of aliphatic hydroxyl groups is 1. The minimum Gasteiger partial charge on any atom is -0.481 e. The molecule has 13 nitrogen and oxygen atoms in total. The summed E-state index contributed by atoms with van der Waals surface area (Å²) < 4.78 is 13.0. The number of furan rings is 1. The molecule has 4 N–H and O–H groups in total. The summed E-state index contributed by atoms with van der Waals surface area (Å²) in [5, 5.41) is 38.3. The first kappa shape index (κ1) is 31.7. The van der Waals surface area contributed by atoms with Gasteiger partial charge in [0, 0.05) is 44.1 Å². The van der Waals surface area contributed by atoms with E-state index in [2.05, 4.69) is 40.7 Å². The molecule has 1 fully saturated rings. The van der Waals surface area contributed by atoms with E-state index in [1.165, 1.54) is 5.56 Å². The Kier molecular flexibility index (Phi) is 12.3. The molecule has 0 saturated carbocycles. The van der Waals surface area contributed by atoms with Crippen molar-refractivity contribution in [1.29, 1.82) is 0 Å². The van der Waals surface area contributed by atoms with Crippen LogP contribution < -0.4 is 0 Å². The van der Waals surface area contributed by atoms with E-state index in [0.717, 1.165) is 76.1 Å². The molecule has 0 atom stereocenters. The summed E-state index contributed by atoms with van der Waals surface area (Å²) in [4.78, 5) is 35.4. The molecular weight excluding hydrogens is 512 g/mol. The second-order valence-corrected chi connectivity index (χ2v) is 9.41. The van der Waals surface area contributed by atoms with Gasteiger partial charge in [0.05, 0.1) is 38.3 Å². The lowest BCUT2D eigenvalue weighted by Gasteiger charge is -2.28. The molecule has 0 aliphatic carbocycles. The first-order valence-corrected chi connectivity index (χ1v) is 12.6. The molecule has 0 unspecified atom stereocenters. The second kappa shape index (κ2) is 15.2. The molecule has 0 aromatic carbocycles. The Hall–Kier alpha value is -3.52. The summed E-state index contributed by atoms with van der Waals surface area (Å²) in [5.41, 5.74) is -0.448. The molecule has 0 spiro atoms. The maximum Gasteiger partial charge on any atom is 0.336 e. The Balaban J connectivity index is 0.000000349. The van der Waals surface area contributed by atoms with Gasteiger partial charge in [-0.25, -0.2) is 9.48 Å². The zero-order valence-corrected chi connectivity index (χ0v) is 22.4. The largest absolute Gasteiger partial charge is 0.481 e. The zero-order chi connectivity index (χ0) is 29.0. The quantitative estimate of drug-likeness (QED) is 0.268. The number of hydrogen-bond acceptors (Lipinski definition) is 9. The van der Waals surface area contributed by atoms with Crippen molar-refractivity contribution in [2.75, 3.05) is 39.4 Å². The van der Waals surface area contributed by atoms with Crippen LogP contribution in [0.3, 0.4) is 0 Å². The Labute approximate surface area is 226 Å². The van der Waals surface area contributed by atoms with Crippen LogP contribution in [0.2, 0.25) is 0 Å². The number of nitrogens with zero attached hydrogens (tertiary/aromatic N) is 4. The number of carbonyl (C=O) groups is 3. The summed E-state index contributed by atoms with van der Waals surface area (Å²) in [7, 11) is 0. The highest BCUT2D eigenvalue weighted by Crippen LogP contribution is 2.17. The van der Waals surface area contributed by atoms with Gasteiger partial charge < -0.3 is 29.6 Å². The van der Waals surface area contributed by atoms with E-state index >= 15 is 0 Å². The van der Waals surface area contributed by atoms with Gasteiger partial charge in [0.15, 0.2) is 5.60 Å². The predicted octanol–water partition coefficient (Wildman–Crippen LogP) is 1.67. The summed E-state index contributed by atoms with van der Waals surface area (Å²) >= 11 is 0. The number of carboxylic acid groups (broad SMARTS) is 3. The van der Waals surface area contributed by atoms with Crippen molar-refractivity contribution >= 4 is 24.1 Å². The summed E-state index contributed by atoms with van der Waals surface area (Å²) in [6.45, 7) is 15.5. The minimum atomic E-state index is -2.74. The monoisotopic (exact) mass is 550 g/mol. The molecular formula is C26H38N4O9. The number of hydrogen-bond donors (Lipinski definition) is 4. The zero-order valence-electron chi connectivity index (χ0n) is 22.4. The lowest BCUT2D eigenvalue weighted by molar-refractivity contribution is -0.170. The van der Waals surface area contributed by atoms with Crippen molar-refractivity contribution in [3.8, 4) is 0 Å². The Morgan fingerprint density at radius 1 is 1.10 bits per heavy atom. The normalized spacial score (nSPS) is 14.1. The van der Waals surface area contributed by atoms with Crippen LogP contribution in [-0.4, -0.2) is 103 Å². The lowest BCUT2D eigenvalue weighted by atomic mass is 9.96. The molecule has 13 heteroatoms. The molecule has 1 aliphatic heterocycles. The third-order valence-electron chi connectivity index (χ3n) is 6.11. The van der Waals surface area contributed by atoms with Gasteiger partial charge in [0.2, 0.25) is 0 Å². The van der Waals surface area contributed by atoms with Gasteiger partial charge in [-0.05, 0) is 38.9 Å². The van der Waals surface area contributed by atoms with Gasteiger partial charge >= 0.3 is 17.9 Å². The van der Waals surface area contributed by atoms with E-state index in [1.807, 2.05) is 13.0 Å². The molecule has 216 valence electrons. The average molecular weight is 551 g/mol. The van der Waals surface area contributed by atoms with E-state index in [-0.39, 0.29) is 0 Å². The van der Waals surface area contributed by atoms with E-state index < -0.39 is 36.4 Å². The maximum atomic E-state index is 10.3. The SMILES string of the molecule is C=Cn1cc(CN(CCCN2CCOCC2)Cc2ccc(C)o2)c(C)n1.O=C(O)CC(O)(CC(=O)O)C(=O)O. The first-order valence-electron chi connectivity index (χ1n) is 12.6. The topological polar surface area (TPSA) is 179 Å². The fourth-order valence-electron chi connectivity index (χ4n) is 4.07. The number of carboxylic acids is 3. The molecule has 0 radical (unpaired) electrons. The fourth-order valence-corrected chi connectivity index (χ4v) is 4.07. The Morgan fingerprint density at radius 3 is 2.23 bits per heavy atom. The second-order valence-electron chi connectivity index (χ2n) is 9.41. The van der Waals surface area contributed by atoms with Crippen LogP contribution in [0, 0.1) is 13.8 Å². The van der Waals surface area contributed by atoms with Crippen LogP contribution in [0.5, 0.6) is 0 Å². The molecule has 3 heterocycles.